The van der Waals surface area contributed by atoms with Crippen LogP contribution < -0.4 is 0 Å². The predicted octanol–water partition coefficient (Wildman–Crippen LogP) is 5.43. The lowest BCUT2D eigenvalue weighted by atomic mass is 10.0. The molecule has 1 heterocycles. The Hall–Kier alpha value is -2.85. The maximum atomic E-state index is 13.0. The summed E-state index contributed by atoms with van der Waals surface area (Å²) >= 11 is 0. The van der Waals surface area contributed by atoms with Crippen LogP contribution in [0.2, 0.25) is 0 Å². The molecule has 4 rings (SSSR count). The second-order valence-corrected chi connectivity index (χ2v) is 8.91. The van der Waals surface area contributed by atoms with Crippen molar-refractivity contribution >= 4 is 20.7 Å². The van der Waals surface area contributed by atoms with Crippen LogP contribution in [0.15, 0.2) is 77.7 Å². The zero-order valence-corrected chi connectivity index (χ0v) is 16.2. The Kier molecular flexibility index (Phi) is 4.36. The van der Waals surface area contributed by atoms with Gasteiger partial charge in [0.25, 0.3) is 0 Å². The van der Waals surface area contributed by atoms with Gasteiger partial charge in [-0.1, -0.05) is 60.2 Å². The van der Waals surface area contributed by atoms with E-state index in [0.717, 1.165) is 33.3 Å². The Morgan fingerprint density at radius 3 is 2.04 bits per heavy atom. The third-order valence-corrected chi connectivity index (χ3v) is 6.62. The van der Waals surface area contributed by atoms with Gasteiger partial charge in [0.2, 0.25) is 0 Å². The van der Waals surface area contributed by atoms with Crippen LogP contribution in [-0.2, 0) is 15.6 Å². The van der Waals surface area contributed by atoms with Gasteiger partial charge in [0.1, 0.15) is 0 Å². The number of H-pyrrole nitrogens is 1. The molecule has 1 N–H and O–H groups in total. The second-order valence-electron chi connectivity index (χ2n) is 6.92. The molecule has 27 heavy (non-hydrogen) atoms. The van der Waals surface area contributed by atoms with E-state index in [4.69, 9.17) is 0 Å². The quantitative estimate of drug-likeness (QED) is 0.517. The fourth-order valence-electron chi connectivity index (χ4n) is 3.39. The van der Waals surface area contributed by atoms with Crippen molar-refractivity contribution in [1.29, 1.82) is 0 Å². The molecule has 0 fully saturated rings. The first kappa shape index (κ1) is 17.6. The predicted molar refractivity (Wildman–Crippen MR) is 111 cm³/mol. The highest BCUT2D eigenvalue weighted by Crippen LogP contribution is 2.28. The van der Waals surface area contributed by atoms with Crippen LogP contribution in [0.4, 0.5) is 0 Å². The SMILES string of the molecule is Cc1ccc(-c2ccc(S(=O)(=O)Cc3c(C)[nH]c4ccccc34)cc2)cc1. The third-order valence-electron chi connectivity index (χ3n) is 4.96. The molecule has 0 atom stereocenters. The molecule has 0 spiro atoms. The van der Waals surface area contributed by atoms with Gasteiger partial charge < -0.3 is 4.98 Å². The fraction of sp³-hybridized carbons (Fsp3) is 0.130. The summed E-state index contributed by atoms with van der Waals surface area (Å²) in [6.45, 7) is 3.97. The molecular formula is C23H21NO2S. The van der Waals surface area contributed by atoms with Crippen LogP contribution >= 0.6 is 0 Å². The number of aromatic amines is 1. The topological polar surface area (TPSA) is 49.9 Å². The maximum Gasteiger partial charge on any atom is 0.182 e. The number of nitrogens with one attached hydrogen (secondary N) is 1. The molecule has 0 saturated carbocycles. The number of hydrogen-bond acceptors (Lipinski definition) is 2. The third kappa shape index (κ3) is 3.40. The highest BCUT2D eigenvalue weighted by molar-refractivity contribution is 7.90. The lowest BCUT2D eigenvalue weighted by Gasteiger charge is -2.07. The summed E-state index contributed by atoms with van der Waals surface area (Å²) < 4.78 is 25.9. The molecule has 0 bridgehead atoms. The standard InChI is InChI=1S/C23H21NO2S/c1-16-7-9-18(10-8-16)19-11-13-20(14-12-19)27(25,26)15-22-17(2)24-23-6-4-3-5-21(22)23/h3-14,24H,15H2,1-2H3. The van der Waals surface area contributed by atoms with Gasteiger partial charge in [-0.2, -0.15) is 0 Å². The van der Waals surface area contributed by atoms with Gasteiger partial charge in [0.05, 0.1) is 10.6 Å². The second kappa shape index (κ2) is 6.71. The normalized spacial score (nSPS) is 11.8. The monoisotopic (exact) mass is 375 g/mol. The average Bonchev–Trinajstić information content (AvgIpc) is 2.97. The minimum Gasteiger partial charge on any atom is -0.358 e. The maximum absolute atomic E-state index is 13.0. The molecule has 3 aromatic carbocycles. The van der Waals surface area contributed by atoms with Crippen molar-refractivity contribution in [2.75, 3.05) is 0 Å². The van der Waals surface area contributed by atoms with Gasteiger partial charge in [-0.15, -0.1) is 0 Å². The first-order valence-corrected chi connectivity index (χ1v) is 10.6. The lowest BCUT2D eigenvalue weighted by Crippen LogP contribution is -2.05. The Balaban J connectivity index is 1.65. The molecule has 0 amide bonds. The summed E-state index contributed by atoms with van der Waals surface area (Å²) in [6, 6.07) is 23.2. The molecular weight excluding hydrogens is 354 g/mol. The Labute approximate surface area is 159 Å². The molecule has 1 aromatic heterocycles. The van der Waals surface area contributed by atoms with E-state index in [-0.39, 0.29) is 5.75 Å². The highest BCUT2D eigenvalue weighted by atomic mass is 32.2. The van der Waals surface area contributed by atoms with Crippen molar-refractivity contribution in [2.24, 2.45) is 0 Å². The number of aromatic nitrogens is 1. The van der Waals surface area contributed by atoms with E-state index >= 15 is 0 Å². The zero-order chi connectivity index (χ0) is 19.0. The van der Waals surface area contributed by atoms with E-state index in [1.54, 1.807) is 12.1 Å². The molecule has 0 aliphatic carbocycles. The minimum atomic E-state index is -3.42. The molecule has 0 aliphatic rings. The largest absolute Gasteiger partial charge is 0.358 e. The van der Waals surface area contributed by atoms with E-state index < -0.39 is 9.84 Å². The summed E-state index contributed by atoms with van der Waals surface area (Å²) in [4.78, 5) is 3.62. The zero-order valence-electron chi connectivity index (χ0n) is 15.4. The number of sulfone groups is 1. The molecule has 3 nitrogen and oxygen atoms in total. The molecule has 136 valence electrons. The Morgan fingerprint density at radius 1 is 0.778 bits per heavy atom. The van der Waals surface area contributed by atoms with Crippen molar-refractivity contribution in [3.05, 3.63) is 89.6 Å². The van der Waals surface area contributed by atoms with Gasteiger partial charge in [-0.3, -0.25) is 0 Å². The summed E-state index contributed by atoms with van der Waals surface area (Å²) in [5.74, 6) is -0.00722. The van der Waals surface area contributed by atoms with Crippen LogP contribution in [-0.4, -0.2) is 13.4 Å². The van der Waals surface area contributed by atoms with Crippen molar-refractivity contribution in [2.45, 2.75) is 24.5 Å². The Bertz CT molecular complexity index is 1200. The summed E-state index contributed by atoms with van der Waals surface area (Å²) in [5.41, 5.74) is 6.00. The van der Waals surface area contributed by atoms with E-state index in [1.165, 1.54) is 5.56 Å². The molecule has 0 radical (unpaired) electrons. The lowest BCUT2D eigenvalue weighted by molar-refractivity contribution is 0.595. The summed E-state index contributed by atoms with van der Waals surface area (Å²) in [5, 5.41) is 0.967. The molecule has 0 unspecified atom stereocenters. The van der Waals surface area contributed by atoms with E-state index in [1.807, 2.05) is 62.4 Å². The number of benzene rings is 3. The first-order valence-electron chi connectivity index (χ1n) is 8.90. The molecule has 4 aromatic rings. The van der Waals surface area contributed by atoms with Crippen LogP contribution in [0.5, 0.6) is 0 Å². The van der Waals surface area contributed by atoms with Crippen LogP contribution in [0.3, 0.4) is 0 Å². The highest BCUT2D eigenvalue weighted by Gasteiger charge is 2.19. The van der Waals surface area contributed by atoms with Gasteiger partial charge in [-0.05, 0) is 48.7 Å². The van der Waals surface area contributed by atoms with Gasteiger partial charge >= 0.3 is 0 Å². The van der Waals surface area contributed by atoms with Crippen molar-refractivity contribution in [3.8, 4) is 11.1 Å². The Morgan fingerprint density at radius 2 is 1.37 bits per heavy atom. The smallest absolute Gasteiger partial charge is 0.182 e. The van der Waals surface area contributed by atoms with Crippen LogP contribution in [0, 0.1) is 13.8 Å². The number of rotatable bonds is 4. The van der Waals surface area contributed by atoms with Crippen LogP contribution in [0.25, 0.3) is 22.0 Å². The first-order chi connectivity index (χ1) is 12.9. The van der Waals surface area contributed by atoms with Crippen molar-refractivity contribution < 1.29 is 8.42 Å². The number of hydrogen-bond donors (Lipinski definition) is 1. The van der Waals surface area contributed by atoms with Crippen LogP contribution in [0.1, 0.15) is 16.8 Å². The van der Waals surface area contributed by atoms with Gasteiger partial charge in [-0.25, -0.2) is 8.42 Å². The fourth-order valence-corrected chi connectivity index (χ4v) is 4.86. The van der Waals surface area contributed by atoms with E-state index in [2.05, 4.69) is 17.1 Å². The summed E-state index contributed by atoms with van der Waals surface area (Å²) in [7, 11) is -3.42. The molecule has 0 aliphatic heterocycles. The number of para-hydroxylation sites is 1. The number of fused-ring (bicyclic) bond motifs is 1. The van der Waals surface area contributed by atoms with E-state index in [0.29, 0.717) is 4.90 Å². The van der Waals surface area contributed by atoms with Gasteiger partial charge in [0.15, 0.2) is 9.84 Å². The van der Waals surface area contributed by atoms with E-state index in [9.17, 15) is 8.42 Å². The minimum absolute atomic E-state index is 0.00722. The van der Waals surface area contributed by atoms with Crippen molar-refractivity contribution in [1.82, 2.24) is 4.98 Å². The van der Waals surface area contributed by atoms with Gasteiger partial charge in [0, 0.05) is 16.6 Å². The van der Waals surface area contributed by atoms with Crippen molar-refractivity contribution in [3.63, 3.8) is 0 Å². The molecule has 4 heteroatoms. The molecule has 0 saturated heterocycles. The summed E-state index contributed by atoms with van der Waals surface area (Å²) in [6.07, 6.45) is 0. The number of aryl methyl sites for hydroxylation is 2. The average molecular weight is 375 g/mol.